The molecule has 0 atom stereocenters. The molecule has 0 unspecified atom stereocenters. The van der Waals surface area contributed by atoms with Gasteiger partial charge in [-0.05, 0) is 0 Å². The average molecular weight is 164 g/mol. The Bertz CT molecular complexity index is 74.8. The van der Waals surface area contributed by atoms with Crippen molar-refractivity contribution in [2.75, 3.05) is 27.9 Å². The first-order valence-electron chi connectivity index (χ1n) is 3.34. The van der Waals surface area contributed by atoms with E-state index in [4.69, 9.17) is 14.2 Å². The van der Waals surface area contributed by atoms with Crippen molar-refractivity contribution >= 4 is 9.52 Å². The van der Waals surface area contributed by atoms with Crippen molar-refractivity contribution in [3.05, 3.63) is 0 Å². The molecule has 4 heteroatoms. The van der Waals surface area contributed by atoms with Crippen LogP contribution in [-0.2, 0) is 14.2 Å². The topological polar surface area (TPSA) is 27.7 Å². The number of hydrogen-bond donors (Lipinski definition) is 0. The van der Waals surface area contributed by atoms with Crippen LogP contribution in [0, 0.1) is 0 Å². The van der Waals surface area contributed by atoms with Gasteiger partial charge in [0.1, 0.15) is 0 Å². The number of rotatable bonds is 5. The molecule has 62 valence electrons. The standard InChI is InChI=1S/C6H16O3Si/c1-7-5-6(8-2,9-3)10-4/h5,10H2,1-4H3. The first kappa shape index (κ1) is 10.1. The Morgan fingerprint density at radius 3 is 1.80 bits per heavy atom. The Kier molecular flexibility index (Phi) is 4.89. The van der Waals surface area contributed by atoms with Crippen LogP contribution in [0.25, 0.3) is 0 Å². The molecule has 0 spiro atoms. The summed E-state index contributed by atoms with van der Waals surface area (Å²) in [6.07, 6.45) is 0. The van der Waals surface area contributed by atoms with Crippen LogP contribution in [0.2, 0.25) is 6.55 Å². The molecule has 0 aromatic rings. The quantitative estimate of drug-likeness (QED) is 0.416. The number of ether oxygens (including phenoxy) is 3. The van der Waals surface area contributed by atoms with Gasteiger partial charge in [-0.25, -0.2) is 0 Å². The summed E-state index contributed by atoms with van der Waals surface area (Å²) >= 11 is 0. The minimum Gasteiger partial charge on any atom is -0.380 e. The lowest BCUT2D eigenvalue weighted by Crippen LogP contribution is -2.43. The van der Waals surface area contributed by atoms with Crippen LogP contribution in [0.15, 0.2) is 0 Å². The van der Waals surface area contributed by atoms with Gasteiger partial charge in [0.25, 0.3) is 0 Å². The summed E-state index contributed by atoms with van der Waals surface area (Å²) in [6.45, 7) is 2.66. The van der Waals surface area contributed by atoms with Gasteiger partial charge >= 0.3 is 0 Å². The summed E-state index contributed by atoms with van der Waals surface area (Å²) in [6, 6.07) is 0. The van der Waals surface area contributed by atoms with Gasteiger partial charge in [0.05, 0.1) is 16.1 Å². The second-order valence-electron chi connectivity index (χ2n) is 2.11. The molecule has 0 aliphatic carbocycles. The highest BCUT2D eigenvalue weighted by atomic mass is 28.2. The molecule has 0 bridgehead atoms. The molecule has 0 aromatic carbocycles. The van der Waals surface area contributed by atoms with E-state index in [1.54, 1.807) is 21.3 Å². The molecule has 0 N–H and O–H groups in total. The highest BCUT2D eigenvalue weighted by Gasteiger charge is 2.26. The summed E-state index contributed by atoms with van der Waals surface area (Å²) in [7, 11) is 4.59. The summed E-state index contributed by atoms with van der Waals surface area (Å²) in [5.74, 6) is 0. The zero-order valence-electron chi connectivity index (χ0n) is 7.14. The Morgan fingerprint density at radius 2 is 1.70 bits per heavy atom. The Morgan fingerprint density at radius 1 is 1.20 bits per heavy atom. The molecule has 0 aliphatic rings. The third kappa shape index (κ3) is 2.38. The van der Waals surface area contributed by atoms with Crippen molar-refractivity contribution in [3.8, 4) is 0 Å². The minimum atomic E-state index is -0.408. The Labute approximate surface area is 64.5 Å². The highest BCUT2D eigenvalue weighted by molar-refractivity contribution is 6.37. The Balaban J connectivity index is 3.87. The number of methoxy groups -OCH3 is 3. The molecule has 10 heavy (non-hydrogen) atoms. The molecule has 0 saturated carbocycles. The molecule has 0 saturated heterocycles. The maximum atomic E-state index is 5.19. The average Bonchev–Trinajstić information content (AvgIpc) is 2.01. The van der Waals surface area contributed by atoms with Crippen molar-refractivity contribution < 1.29 is 14.2 Å². The molecular formula is C6H16O3Si. The normalized spacial score (nSPS) is 13.2. The molecule has 0 radical (unpaired) electrons. The zero-order chi connectivity index (χ0) is 8.04. The fourth-order valence-corrected chi connectivity index (χ4v) is 1.80. The van der Waals surface area contributed by atoms with E-state index in [-0.39, 0.29) is 9.52 Å². The second kappa shape index (κ2) is 4.84. The summed E-state index contributed by atoms with van der Waals surface area (Å²) < 4.78 is 15.3. The van der Waals surface area contributed by atoms with Crippen molar-refractivity contribution in [3.63, 3.8) is 0 Å². The highest BCUT2D eigenvalue weighted by Crippen LogP contribution is 2.08. The smallest absolute Gasteiger partial charge is 0.166 e. The second-order valence-corrected chi connectivity index (χ2v) is 3.89. The lowest BCUT2D eigenvalue weighted by atomic mass is 10.6. The molecule has 0 heterocycles. The van der Waals surface area contributed by atoms with Crippen LogP contribution in [-0.4, -0.2) is 42.9 Å². The molecule has 0 aromatic heterocycles. The van der Waals surface area contributed by atoms with Crippen molar-refractivity contribution in [2.45, 2.75) is 12.0 Å². The van der Waals surface area contributed by atoms with E-state index in [0.717, 1.165) is 0 Å². The fourth-order valence-electron chi connectivity index (χ4n) is 0.812. The van der Waals surface area contributed by atoms with Gasteiger partial charge in [-0.3, -0.25) is 0 Å². The summed E-state index contributed by atoms with van der Waals surface area (Å²) in [5.41, 5.74) is -0.408. The van der Waals surface area contributed by atoms with E-state index >= 15 is 0 Å². The lowest BCUT2D eigenvalue weighted by molar-refractivity contribution is -0.173. The van der Waals surface area contributed by atoms with Gasteiger partial charge in [0.2, 0.25) is 0 Å². The van der Waals surface area contributed by atoms with Gasteiger partial charge < -0.3 is 14.2 Å². The molecular weight excluding hydrogens is 148 g/mol. The maximum absolute atomic E-state index is 5.19. The monoisotopic (exact) mass is 164 g/mol. The fraction of sp³-hybridized carbons (Fsp3) is 1.00. The van der Waals surface area contributed by atoms with E-state index in [1.807, 2.05) is 0 Å². The first-order valence-corrected chi connectivity index (χ1v) is 5.46. The SMILES string of the molecule is COCC(OC)(OC)[SiH2]C. The maximum Gasteiger partial charge on any atom is 0.166 e. The van der Waals surface area contributed by atoms with E-state index in [9.17, 15) is 0 Å². The Hall–Kier alpha value is 0.0969. The molecule has 0 rings (SSSR count). The van der Waals surface area contributed by atoms with Crippen molar-refractivity contribution in [1.82, 2.24) is 0 Å². The van der Waals surface area contributed by atoms with Crippen molar-refractivity contribution in [2.24, 2.45) is 0 Å². The van der Waals surface area contributed by atoms with E-state index in [2.05, 4.69) is 6.55 Å². The van der Waals surface area contributed by atoms with E-state index in [1.165, 1.54) is 0 Å². The predicted octanol–water partition coefficient (Wildman–Crippen LogP) is -0.204. The number of hydrogen-bond acceptors (Lipinski definition) is 3. The van der Waals surface area contributed by atoms with Gasteiger partial charge in [-0.2, -0.15) is 0 Å². The van der Waals surface area contributed by atoms with Crippen molar-refractivity contribution in [1.29, 1.82) is 0 Å². The van der Waals surface area contributed by atoms with Gasteiger partial charge in [0, 0.05) is 21.3 Å². The zero-order valence-corrected chi connectivity index (χ0v) is 8.55. The van der Waals surface area contributed by atoms with Crippen LogP contribution < -0.4 is 0 Å². The third-order valence-electron chi connectivity index (χ3n) is 1.65. The van der Waals surface area contributed by atoms with Crippen LogP contribution in [0.1, 0.15) is 0 Å². The molecule has 0 aliphatic heterocycles. The van der Waals surface area contributed by atoms with Crippen LogP contribution >= 0.6 is 0 Å². The molecule has 0 fully saturated rings. The van der Waals surface area contributed by atoms with Crippen LogP contribution in [0.4, 0.5) is 0 Å². The summed E-state index contributed by atoms with van der Waals surface area (Å²) in [5, 5.41) is 0. The van der Waals surface area contributed by atoms with Gasteiger partial charge in [0.15, 0.2) is 5.41 Å². The molecule has 0 amide bonds. The molecule has 3 nitrogen and oxygen atoms in total. The van der Waals surface area contributed by atoms with Crippen LogP contribution in [0.3, 0.4) is 0 Å². The van der Waals surface area contributed by atoms with Gasteiger partial charge in [-0.1, -0.05) is 6.55 Å². The van der Waals surface area contributed by atoms with Crippen LogP contribution in [0.5, 0.6) is 0 Å². The minimum absolute atomic E-state index is 0.359. The van der Waals surface area contributed by atoms with E-state index in [0.29, 0.717) is 6.61 Å². The summed E-state index contributed by atoms with van der Waals surface area (Å²) in [4.78, 5) is 0. The first-order chi connectivity index (χ1) is 4.74. The lowest BCUT2D eigenvalue weighted by Gasteiger charge is -2.28. The van der Waals surface area contributed by atoms with E-state index < -0.39 is 5.41 Å². The predicted molar refractivity (Wildman–Crippen MR) is 43.0 cm³/mol. The largest absolute Gasteiger partial charge is 0.380 e. The third-order valence-corrected chi connectivity index (χ3v) is 3.51. The van der Waals surface area contributed by atoms with Gasteiger partial charge in [-0.15, -0.1) is 0 Å².